The third kappa shape index (κ3) is 1.93. The first-order valence-corrected chi connectivity index (χ1v) is 3.27. The molecule has 0 radical (unpaired) electrons. The molecule has 3 N–H and O–H groups in total. The van der Waals surface area contributed by atoms with E-state index < -0.39 is 6.29 Å². The van der Waals surface area contributed by atoms with Crippen LogP contribution in [0.4, 0.5) is 0 Å². The van der Waals surface area contributed by atoms with E-state index in [0.29, 0.717) is 6.42 Å². The minimum atomic E-state index is -0.635. The number of nitrogens with two attached hydrogens (primary N) is 1. The predicted molar refractivity (Wildman–Crippen MR) is 33.8 cm³/mol. The summed E-state index contributed by atoms with van der Waals surface area (Å²) in [5.74, 6) is 0. The summed E-state index contributed by atoms with van der Waals surface area (Å²) >= 11 is 0. The highest BCUT2D eigenvalue weighted by atomic mass is 16.6. The minimum absolute atomic E-state index is 0.115. The largest absolute Gasteiger partial charge is 0.368 e. The monoisotopic (exact) mass is 131 g/mol. The quantitative estimate of drug-likeness (QED) is 0.480. The molecule has 1 aliphatic rings. The van der Waals surface area contributed by atoms with Gasteiger partial charge < -0.3 is 15.6 Å². The second-order valence-electron chi connectivity index (χ2n) is 2.63. The van der Waals surface area contributed by atoms with Crippen molar-refractivity contribution in [2.45, 2.75) is 38.2 Å². The molecule has 0 aromatic heterocycles. The van der Waals surface area contributed by atoms with Crippen LogP contribution in [0.2, 0.25) is 0 Å². The number of ether oxygens (including phenoxy) is 1. The molecule has 0 saturated carbocycles. The zero-order valence-corrected chi connectivity index (χ0v) is 5.58. The van der Waals surface area contributed by atoms with Gasteiger partial charge in [0.15, 0.2) is 6.29 Å². The van der Waals surface area contributed by atoms with Crippen molar-refractivity contribution in [3.63, 3.8) is 0 Å². The van der Waals surface area contributed by atoms with Crippen molar-refractivity contribution in [2.75, 3.05) is 0 Å². The van der Waals surface area contributed by atoms with Gasteiger partial charge in [-0.2, -0.15) is 0 Å². The Morgan fingerprint density at radius 2 is 2.22 bits per heavy atom. The lowest BCUT2D eigenvalue weighted by Gasteiger charge is -2.28. The highest BCUT2D eigenvalue weighted by Gasteiger charge is 2.22. The van der Waals surface area contributed by atoms with Crippen LogP contribution in [0.25, 0.3) is 0 Å². The number of hydrogen-bond donors (Lipinski definition) is 2. The smallest absolute Gasteiger partial charge is 0.156 e. The van der Waals surface area contributed by atoms with E-state index in [1.807, 2.05) is 6.92 Å². The maximum Gasteiger partial charge on any atom is 0.156 e. The summed E-state index contributed by atoms with van der Waals surface area (Å²) in [7, 11) is 0. The molecule has 1 saturated heterocycles. The maximum atomic E-state index is 8.95. The zero-order chi connectivity index (χ0) is 6.85. The minimum Gasteiger partial charge on any atom is -0.368 e. The number of hydrogen-bond acceptors (Lipinski definition) is 3. The summed E-state index contributed by atoms with van der Waals surface area (Å²) in [6, 6.07) is 0.115. The summed E-state index contributed by atoms with van der Waals surface area (Å²) < 4.78 is 5.03. The van der Waals surface area contributed by atoms with Crippen LogP contribution in [0.3, 0.4) is 0 Å². The van der Waals surface area contributed by atoms with Gasteiger partial charge >= 0.3 is 0 Å². The fraction of sp³-hybridized carbons (Fsp3) is 1.00. The molecule has 3 heteroatoms. The molecule has 1 aliphatic heterocycles. The Morgan fingerprint density at radius 3 is 2.67 bits per heavy atom. The Kier molecular flexibility index (Phi) is 2.05. The summed E-state index contributed by atoms with van der Waals surface area (Å²) in [5.41, 5.74) is 5.58. The first kappa shape index (κ1) is 6.99. The molecule has 0 bridgehead atoms. The van der Waals surface area contributed by atoms with E-state index in [-0.39, 0.29) is 12.1 Å². The van der Waals surface area contributed by atoms with Gasteiger partial charge in [0.05, 0.1) is 6.10 Å². The van der Waals surface area contributed by atoms with Gasteiger partial charge in [-0.1, -0.05) is 0 Å². The maximum absolute atomic E-state index is 8.95. The standard InChI is InChI=1S/C6H13NO2/c1-4-2-5(7)3-6(8)9-4/h4-6,8H,2-3,7H2,1H3/t4-,5+,6+/m0/s1. The van der Waals surface area contributed by atoms with Crippen molar-refractivity contribution in [1.82, 2.24) is 0 Å². The SMILES string of the molecule is C[C@H]1C[C@@H](N)C[C@H](O)O1. The third-order valence-corrected chi connectivity index (χ3v) is 1.53. The van der Waals surface area contributed by atoms with E-state index in [1.165, 1.54) is 0 Å². The van der Waals surface area contributed by atoms with Crippen LogP contribution in [0.15, 0.2) is 0 Å². The molecule has 3 atom stereocenters. The molecule has 0 aromatic rings. The summed E-state index contributed by atoms with van der Waals surface area (Å²) in [6.45, 7) is 1.92. The van der Waals surface area contributed by atoms with Gasteiger partial charge in [-0.25, -0.2) is 0 Å². The van der Waals surface area contributed by atoms with E-state index in [0.717, 1.165) is 6.42 Å². The average Bonchev–Trinajstić information content (AvgIpc) is 1.59. The first-order chi connectivity index (χ1) is 4.18. The fourth-order valence-corrected chi connectivity index (χ4v) is 1.16. The first-order valence-electron chi connectivity index (χ1n) is 3.27. The second-order valence-corrected chi connectivity index (χ2v) is 2.63. The molecule has 0 aromatic carbocycles. The van der Waals surface area contributed by atoms with E-state index in [1.54, 1.807) is 0 Å². The van der Waals surface area contributed by atoms with Gasteiger partial charge in [-0.15, -0.1) is 0 Å². The molecule has 0 unspecified atom stereocenters. The van der Waals surface area contributed by atoms with Crippen LogP contribution < -0.4 is 5.73 Å². The zero-order valence-electron chi connectivity index (χ0n) is 5.58. The van der Waals surface area contributed by atoms with Crippen molar-refractivity contribution in [1.29, 1.82) is 0 Å². The van der Waals surface area contributed by atoms with Gasteiger partial charge in [0.2, 0.25) is 0 Å². The Bertz CT molecular complexity index is 72.0. The van der Waals surface area contributed by atoms with Gasteiger partial charge in [-0.05, 0) is 13.3 Å². The molecule has 1 rings (SSSR count). The van der Waals surface area contributed by atoms with Crippen LogP contribution in [-0.2, 0) is 4.74 Å². The molecule has 1 heterocycles. The van der Waals surface area contributed by atoms with E-state index in [9.17, 15) is 0 Å². The second kappa shape index (κ2) is 2.64. The molecule has 0 spiro atoms. The van der Waals surface area contributed by atoms with Crippen molar-refractivity contribution < 1.29 is 9.84 Å². The van der Waals surface area contributed by atoms with E-state index in [2.05, 4.69) is 0 Å². The lowest BCUT2D eigenvalue weighted by molar-refractivity contribution is -0.161. The van der Waals surface area contributed by atoms with Crippen LogP contribution in [0, 0.1) is 0 Å². The predicted octanol–water partition coefficient (Wildman–Crippen LogP) is -0.169. The van der Waals surface area contributed by atoms with E-state index in [4.69, 9.17) is 15.6 Å². The molecule has 9 heavy (non-hydrogen) atoms. The molecule has 54 valence electrons. The Labute approximate surface area is 54.8 Å². The molecular formula is C6H13NO2. The Morgan fingerprint density at radius 1 is 1.56 bits per heavy atom. The summed E-state index contributed by atoms with van der Waals surface area (Å²) in [5, 5.41) is 8.95. The fourth-order valence-electron chi connectivity index (χ4n) is 1.16. The molecule has 1 fully saturated rings. The number of aliphatic hydroxyl groups is 1. The van der Waals surface area contributed by atoms with Crippen molar-refractivity contribution >= 4 is 0 Å². The van der Waals surface area contributed by atoms with Crippen LogP contribution in [0.1, 0.15) is 19.8 Å². The summed E-state index contributed by atoms with van der Waals surface area (Å²) in [4.78, 5) is 0. The van der Waals surface area contributed by atoms with Crippen molar-refractivity contribution in [2.24, 2.45) is 5.73 Å². The molecule has 0 aliphatic carbocycles. The number of aliphatic hydroxyl groups excluding tert-OH is 1. The Hall–Kier alpha value is -0.120. The highest BCUT2D eigenvalue weighted by molar-refractivity contribution is 4.72. The molecule has 0 amide bonds. The highest BCUT2D eigenvalue weighted by Crippen LogP contribution is 2.15. The van der Waals surface area contributed by atoms with Gasteiger partial charge in [0, 0.05) is 12.5 Å². The molecular weight excluding hydrogens is 118 g/mol. The van der Waals surface area contributed by atoms with Crippen molar-refractivity contribution in [3.05, 3.63) is 0 Å². The van der Waals surface area contributed by atoms with Crippen LogP contribution in [-0.4, -0.2) is 23.5 Å². The number of rotatable bonds is 0. The average molecular weight is 131 g/mol. The molecule has 3 nitrogen and oxygen atoms in total. The summed E-state index contributed by atoms with van der Waals surface area (Å²) in [6.07, 6.45) is 0.911. The topological polar surface area (TPSA) is 55.5 Å². The van der Waals surface area contributed by atoms with Crippen molar-refractivity contribution in [3.8, 4) is 0 Å². The van der Waals surface area contributed by atoms with Gasteiger partial charge in [-0.3, -0.25) is 0 Å². The third-order valence-electron chi connectivity index (χ3n) is 1.53. The van der Waals surface area contributed by atoms with Crippen LogP contribution >= 0.6 is 0 Å². The van der Waals surface area contributed by atoms with Gasteiger partial charge in [0.1, 0.15) is 0 Å². The lowest BCUT2D eigenvalue weighted by Crippen LogP contribution is -2.38. The Balaban J connectivity index is 2.34. The van der Waals surface area contributed by atoms with E-state index >= 15 is 0 Å². The normalized spacial score (nSPS) is 45.0. The lowest BCUT2D eigenvalue weighted by atomic mass is 10.0. The van der Waals surface area contributed by atoms with Gasteiger partial charge in [0.25, 0.3) is 0 Å². The van der Waals surface area contributed by atoms with Crippen LogP contribution in [0.5, 0.6) is 0 Å².